The number of carbonyl (C=O) groups is 1. The van der Waals surface area contributed by atoms with Gasteiger partial charge >= 0.3 is 0 Å². The van der Waals surface area contributed by atoms with Crippen molar-refractivity contribution in [3.8, 4) is 0 Å². The Morgan fingerprint density at radius 3 is 2.41 bits per heavy atom. The molecule has 2 atom stereocenters. The fourth-order valence-electron chi connectivity index (χ4n) is 1.47. The molecule has 0 radical (unpaired) electrons. The normalized spacial score (nSPS) is 14.4. The van der Waals surface area contributed by atoms with Gasteiger partial charge < -0.3 is 10.4 Å². The van der Waals surface area contributed by atoms with Gasteiger partial charge in [-0.2, -0.15) is 0 Å². The molecule has 0 bridgehead atoms. The maximum atomic E-state index is 13.4. The van der Waals surface area contributed by atoms with Crippen LogP contribution in [0.15, 0.2) is 30.3 Å². The predicted octanol–water partition coefficient (Wildman–Crippen LogP) is 1.83. The van der Waals surface area contributed by atoms with Crippen molar-refractivity contribution in [1.82, 2.24) is 5.32 Å². The first kappa shape index (κ1) is 13.6. The van der Waals surface area contributed by atoms with Gasteiger partial charge in [0.15, 0.2) is 6.17 Å². The Morgan fingerprint density at radius 2 is 1.94 bits per heavy atom. The first-order valence-electron chi connectivity index (χ1n) is 5.66. The molecule has 17 heavy (non-hydrogen) atoms. The van der Waals surface area contributed by atoms with E-state index in [2.05, 4.69) is 5.32 Å². The van der Waals surface area contributed by atoms with Crippen LogP contribution in [0.2, 0.25) is 0 Å². The van der Waals surface area contributed by atoms with E-state index in [4.69, 9.17) is 0 Å². The molecular formula is C13H18FNO2. The second kappa shape index (κ2) is 6.35. The lowest BCUT2D eigenvalue weighted by atomic mass is 10.1. The lowest BCUT2D eigenvalue weighted by molar-refractivity contribution is -0.128. The van der Waals surface area contributed by atoms with Crippen molar-refractivity contribution in [3.63, 3.8) is 0 Å². The van der Waals surface area contributed by atoms with E-state index in [1.54, 1.807) is 38.1 Å². The molecule has 0 heterocycles. The van der Waals surface area contributed by atoms with Gasteiger partial charge in [-0.3, -0.25) is 4.79 Å². The van der Waals surface area contributed by atoms with Crippen molar-refractivity contribution in [1.29, 1.82) is 0 Å². The number of amides is 1. The number of halogens is 1. The lowest BCUT2D eigenvalue weighted by Gasteiger charge is -2.19. The zero-order valence-electron chi connectivity index (χ0n) is 10.1. The molecule has 1 amide bonds. The molecule has 3 nitrogen and oxygen atoms in total. The van der Waals surface area contributed by atoms with Crippen LogP contribution in [0.3, 0.4) is 0 Å². The summed E-state index contributed by atoms with van der Waals surface area (Å²) in [6, 6.07) is 8.46. The lowest BCUT2D eigenvalue weighted by Crippen LogP contribution is -2.38. The molecule has 0 aromatic heterocycles. The minimum Gasteiger partial charge on any atom is -0.394 e. The fraction of sp³-hybridized carbons (Fsp3) is 0.462. The Morgan fingerprint density at radius 1 is 1.35 bits per heavy atom. The Hall–Kier alpha value is -1.42. The summed E-state index contributed by atoms with van der Waals surface area (Å²) in [6.45, 7) is 3.03. The van der Waals surface area contributed by atoms with Crippen molar-refractivity contribution < 1.29 is 14.3 Å². The van der Waals surface area contributed by atoms with Gasteiger partial charge in [0.05, 0.1) is 12.6 Å². The highest BCUT2D eigenvalue weighted by Gasteiger charge is 2.23. The molecule has 2 N–H and O–H groups in total. The van der Waals surface area contributed by atoms with E-state index in [0.717, 1.165) is 5.56 Å². The zero-order valence-corrected chi connectivity index (χ0v) is 10.1. The quantitative estimate of drug-likeness (QED) is 0.823. The Balaban J connectivity index is 2.68. The third-order valence-corrected chi connectivity index (χ3v) is 2.54. The smallest absolute Gasteiger partial charge is 0.255 e. The molecule has 1 aromatic carbocycles. The third-order valence-electron chi connectivity index (χ3n) is 2.54. The Labute approximate surface area is 101 Å². The van der Waals surface area contributed by atoms with E-state index in [1.165, 1.54) is 0 Å². The van der Waals surface area contributed by atoms with Gasteiger partial charge in [0.25, 0.3) is 5.91 Å². The molecule has 0 saturated carbocycles. The topological polar surface area (TPSA) is 49.3 Å². The van der Waals surface area contributed by atoms with Crippen LogP contribution >= 0.6 is 0 Å². The minimum atomic E-state index is -1.55. The summed E-state index contributed by atoms with van der Waals surface area (Å²) >= 11 is 0. The van der Waals surface area contributed by atoms with Gasteiger partial charge in [0.2, 0.25) is 0 Å². The molecule has 1 rings (SSSR count). The van der Waals surface area contributed by atoms with Gasteiger partial charge in [-0.05, 0) is 11.5 Å². The standard InChI is InChI=1S/C13H18FNO2/c1-9(2)12(14)13(17)15-11(8-16)10-6-4-3-5-7-10/h3-7,9,11-12,16H,8H2,1-2H3,(H,15,17). The van der Waals surface area contributed by atoms with E-state index in [1.807, 2.05) is 6.07 Å². The highest BCUT2D eigenvalue weighted by atomic mass is 19.1. The van der Waals surface area contributed by atoms with Crippen molar-refractivity contribution in [2.45, 2.75) is 26.1 Å². The van der Waals surface area contributed by atoms with Crippen LogP contribution in [-0.2, 0) is 4.79 Å². The third kappa shape index (κ3) is 3.82. The van der Waals surface area contributed by atoms with Crippen molar-refractivity contribution >= 4 is 5.91 Å². The van der Waals surface area contributed by atoms with Gasteiger partial charge in [-0.25, -0.2) is 4.39 Å². The van der Waals surface area contributed by atoms with E-state index in [0.29, 0.717) is 0 Å². The highest BCUT2D eigenvalue weighted by Crippen LogP contribution is 2.13. The highest BCUT2D eigenvalue weighted by molar-refractivity contribution is 5.81. The van der Waals surface area contributed by atoms with E-state index in [9.17, 15) is 14.3 Å². The zero-order chi connectivity index (χ0) is 12.8. The largest absolute Gasteiger partial charge is 0.394 e. The van der Waals surface area contributed by atoms with Crippen LogP contribution in [0.5, 0.6) is 0 Å². The van der Waals surface area contributed by atoms with Crippen molar-refractivity contribution in [2.75, 3.05) is 6.61 Å². The first-order valence-corrected chi connectivity index (χ1v) is 5.66. The van der Waals surface area contributed by atoms with Crippen LogP contribution in [0.25, 0.3) is 0 Å². The number of hydrogen-bond donors (Lipinski definition) is 2. The maximum Gasteiger partial charge on any atom is 0.255 e. The molecule has 0 spiro atoms. The average molecular weight is 239 g/mol. The number of benzene rings is 1. The summed E-state index contributed by atoms with van der Waals surface area (Å²) in [4.78, 5) is 11.5. The van der Waals surface area contributed by atoms with E-state index < -0.39 is 18.1 Å². The van der Waals surface area contributed by atoms with Gasteiger partial charge in [0, 0.05) is 0 Å². The maximum absolute atomic E-state index is 13.4. The number of carbonyl (C=O) groups excluding carboxylic acids is 1. The Kier molecular flexibility index (Phi) is 5.10. The molecule has 0 aliphatic rings. The summed E-state index contributed by atoms with van der Waals surface area (Å²) in [5, 5.41) is 11.7. The summed E-state index contributed by atoms with van der Waals surface area (Å²) in [7, 11) is 0. The molecule has 94 valence electrons. The van der Waals surface area contributed by atoms with Crippen LogP contribution < -0.4 is 5.32 Å². The van der Waals surface area contributed by atoms with Gasteiger partial charge in [0.1, 0.15) is 0 Å². The number of aliphatic hydroxyl groups is 1. The van der Waals surface area contributed by atoms with Crippen LogP contribution in [0.4, 0.5) is 4.39 Å². The fourth-order valence-corrected chi connectivity index (χ4v) is 1.47. The van der Waals surface area contributed by atoms with Crippen molar-refractivity contribution in [2.24, 2.45) is 5.92 Å². The summed E-state index contributed by atoms with van der Waals surface area (Å²) in [5.74, 6) is -1.05. The van der Waals surface area contributed by atoms with Crippen LogP contribution in [-0.4, -0.2) is 23.8 Å². The minimum absolute atomic E-state index is 0.249. The number of nitrogens with one attached hydrogen (secondary N) is 1. The second-order valence-electron chi connectivity index (χ2n) is 4.30. The number of aliphatic hydroxyl groups excluding tert-OH is 1. The van der Waals surface area contributed by atoms with E-state index in [-0.39, 0.29) is 12.5 Å². The molecule has 0 saturated heterocycles. The second-order valence-corrected chi connectivity index (χ2v) is 4.30. The monoisotopic (exact) mass is 239 g/mol. The van der Waals surface area contributed by atoms with Crippen LogP contribution in [0.1, 0.15) is 25.5 Å². The molecule has 0 aliphatic heterocycles. The van der Waals surface area contributed by atoms with Gasteiger partial charge in [-0.1, -0.05) is 44.2 Å². The number of hydrogen-bond acceptors (Lipinski definition) is 2. The SMILES string of the molecule is CC(C)C(F)C(=O)NC(CO)c1ccccc1. The van der Waals surface area contributed by atoms with Crippen LogP contribution in [0, 0.1) is 5.92 Å². The van der Waals surface area contributed by atoms with Crippen molar-refractivity contribution in [3.05, 3.63) is 35.9 Å². The average Bonchev–Trinajstić information content (AvgIpc) is 2.35. The molecular weight excluding hydrogens is 221 g/mol. The molecule has 0 aliphatic carbocycles. The van der Waals surface area contributed by atoms with E-state index >= 15 is 0 Å². The first-order chi connectivity index (χ1) is 8.06. The summed E-state index contributed by atoms with van der Waals surface area (Å²) in [6.07, 6.45) is -1.55. The van der Waals surface area contributed by atoms with Gasteiger partial charge in [-0.15, -0.1) is 0 Å². The molecule has 1 aromatic rings. The molecule has 0 fully saturated rings. The predicted molar refractivity (Wildman–Crippen MR) is 64.1 cm³/mol. The number of alkyl halides is 1. The summed E-state index contributed by atoms with van der Waals surface area (Å²) < 4.78 is 13.4. The Bertz CT molecular complexity index is 354. The molecule has 4 heteroatoms. The molecule has 2 unspecified atom stereocenters. The summed E-state index contributed by atoms with van der Waals surface area (Å²) in [5.41, 5.74) is 0.763. The number of rotatable bonds is 5.